The fraction of sp³-hybridized carbons (Fsp3) is 0.500. The summed E-state index contributed by atoms with van der Waals surface area (Å²) in [4.78, 5) is 0. The van der Waals surface area contributed by atoms with E-state index in [1.54, 1.807) is 0 Å². The fourth-order valence-corrected chi connectivity index (χ4v) is 1.63. The SMILES string of the molecule is c1ccc(OCCC2CNCCO2)cc1. The van der Waals surface area contributed by atoms with Gasteiger partial charge in [-0.05, 0) is 12.1 Å². The van der Waals surface area contributed by atoms with E-state index >= 15 is 0 Å². The maximum Gasteiger partial charge on any atom is 0.119 e. The molecule has 1 aromatic carbocycles. The molecule has 1 aliphatic rings. The van der Waals surface area contributed by atoms with Crippen LogP contribution in [0.4, 0.5) is 0 Å². The Hall–Kier alpha value is -1.06. The minimum Gasteiger partial charge on any atom is -0.493 e. The number of nitrogens with one attached hydrogen (secondary N) is 1. The van der Waals surface area contributed by atoms with Gasteiger partial charge in [-0.2, -0.15) is 0 Å². The van der Waals surface area contributed by atoms with E-state index in [9.17, 15) is 0 Å². The summed E-state index contributed by atoms with van der Waals surface area (Å²) in [5, 5.41) is 3.30. The predicted octanol–water partition coefficient (Wildman–Crippen LogP) is 1.44. The van der Waals surface area contributed by atoms with Gasteiger partial charge in [0.2, 0.25) is 0 Å². The second-order valence-corrected chi connectivity index (χ2v) is 3.65. The molecule has 1 heterocycles. The number of para-hydroxylation sites is 1. The minimum absolute atomic E-state index is 0.308. The highest BCUT2D eigenvalue weighted by Crippen LogP contribution is 2.09. The van der Waals surface area contributed by atoms with Crippen LogP contribution in [0.3, 0.4) is 0 Å². The molecule has 1 unspecified atom stereocenters. The van der Waals surface area contributed by atoms with Crippen molar-refractivity contribution in [3.8, 4) is 5.75 Å². The Morgan fingerprint density at radius 3 is 2.93 bits per heavy atom. The summed E-state index contributed by atoms with van der Waals surface area (Å²) in [6.07, 6.45) is 1.25. The Morgan fingerprint density at radius 1 is 1.33 bits per heavy atom. The van der Waals surface area contributed by atoms with Gasteiger partial charge in [-0.15, -0.1) is 0 Å². The lowest BCUT2D eigenvalue weighted by atomic mass is 10.2. The summed E-state index contributed by atoms with van der Waals surface area (Å²) < 4.78 is 11.2. The third-order valence-corrected chi connectivity index (χ3v) is 2.46. The molecule has 1 fully saturated rings. The van der Waals surface area contributed by atoms with E-state index in [-0.39, 0.29) is 0 Å². The minimum atomic E-state index is 0.308. The molecule has 0 aromatic heterocycles. The van der Waals surface area contributed by atoms with Crippen LogP contribution in [0.2, 0.25) is 0 Å². The van der Waals surface area contributed by atoms with E-state index in [0.29, 0.717) is 6.10 Å². The molecule has 15 heavy (non-hydrogen) atoms. The summed E-state index contributed by atoms with van der Waals surface area (Å²) in [6, 6.07) is 9.89. The van der Waals surface area contributed by atoms with Crippen LogP contribution in [0.15, 0.2) is 30.3 Å². The predicted molar refractivity (Wildman–Crippen MR) is 59.2 cm³/mol. The Labute approximate surface area is 90.4 Å². The quantitative estimate of drug-likeness (QED) is 0.810. The standard InChI is InChI=1S/C12H17NO2/c1-2-4-11(5-3-1)14-8-6-12-10-13-7-9-15-12/h1-5,12-13H,6-10H2. The molecule has 1 atom stereocenters. The van der Waals surface area contributed by atoms with Gasteiger partial charge in [-0.3, -0.25) is 0 Å². The summed E-state index contributed by atoms with van der Waals surface area (Å²) in [5.41, 5.74) is 0. The van der Waals surface area contributed by atoms with Crippen LogP contribution in [-0.2, 0) is 4.74 Å². The molecule has 0 aliphatic carbocycles. The molecule has 0 spiro atoms. The average Bonchev–Trinajstić information content (AvgIpc) is 2.32. The van der Waals surface area contributed by atoms with Crippen LogP contribution in [0.1, 0.15) is 6.42 Å². The highest BCUT2D eigenvalue weighted by Gasteiger charge is 2.12. The molecule has 82 valence electrons. The first-order chi connectivity index (χ1) is 7.45. The largest absolute Gasteiger partial charge is 0.493 e. The van der Waals surface area contributed by atoms with Crippen LogP contribution in [0.5, 0.6) is 5.75 Å². The van der Waals surface area contributed by atoms with Crippen molar-refractivity contribution in [1.29, 1.82) is 0 Å². The molecule has 0 bridgehead atoms. The molecule has 1 aliphatic heterocycles. The lowest BCUT2D eigenvalue weighted by molar-refractivity contribution is 0.0159. The molecule has 0 saturated carbocycles. The molecular weight excluding hydrogens is 190 g/mol. The van der Waals surface area contributed by atoms with Gasteiger partial charge in [0.1, 0.15) is 5.75 Å². The van der Waals surface area contributed by atoms with Crippen molar-refractivity contribution in [2.75, 3.05) is 26.3 Å². The van der Waals surface area contributed by atoms with Crippen LogP contribution in [0, 0.1) is 0 Å². The summed E-state index contributed by atoms with van der Waals surface area (Å²) in [6.45, 7) is 3.44. The number of ether oxygens (including phenoxy) is 2. The van der Waals surface area contributed by atoms with Crippen molar-refractivity contribution in [2.24, 2.45) is 0 Å². The van der Waals surface area contributed by atoms with Gasteiger partial charge >= 0.3 is 0 Å². The van der Waals surface area contributed by atoms with Crippen LogP contribution < -0.4 is 10.1 Å². The molecular formula is C12H17NO2. The van der Waals surface area contributed by atoms with Crippen molar-refractivity contribution in [3.05, 3.63) is 30.3 Å². The molecule has 0 radical (unpaired) electrons. The van der Waals surface area contributed by atoms with Gasteiger partial charge in [0.15, 0.2) is 0 Å². The Kier molecular flexibility index (Phi) is 4.00. The lowest BCUT2D eigenvalue weighted by Gasteiger charge is -2.23. The van der Waals surface area contributed by atoms with Crippen molar-refractivity contribution >= 4 is 0 Å². The maximum absolute atomic E-state index is 5.60. The summed E-state index contributed by atoms with van der Waals surface area (Å²) in [7, 11) is 0. The molecule has 0 amide bonds. The van der Waals surface area contributed by atoms with E-state index in [2.05, 4.69) is 5.32 Å². The van der Waals surface area contributed by atoms with Crippen LogP contribution in [-0.4, -0.2) is 32.4 Å². The van der Waals surface area contributed by atoms with Gasteiger partial charge in [-0.25, -0.2) is 0 Å². The number of hydrogen-bond acceptors (Lipinski definition) is 3. The Morgan fingerprint density at radius 2 is 2.20 bits per heavy atom. The zero-order valence-electron chi connectivity index (χ0n) is 8.82. The first-order valence-corrected chi connectivity index (χ1v) is 5.45. The molecule has 2 rings (SSSR count). The molecule has 3 heteroatoms. The topological polar surface area (TPSA) is 30.5 Å². The van der Waals surface area contributed by atoms with Crippen molar-refractivity contribution in [1.82, 2.24) is 5.32 Å². The average molecular weight is 207 g/mol. The molecule has 3 nitrogen and oxygen atoms in total. The van der Waals surface area contributed by atoms with Gasteiger partial charge in [0.25, 0.3) is 0 Å². The highest BCUT2D eigenvalue weighted by molar-refractivity contribution is 5.20. The fourth-order valence-electron chi connectivity index (χ4n) is 1.63. The van der Waals surface area contributed by atoms with Gasteiger partial charge in [-0.1, -0.05) is 18.2 Å². The Bertz CT molecular complexity index is 270. The van der Waals surface area contributed by atoms with Gasteiger partial charge < -0.3 is 14.8 Å². The van der Waals surface area contributed by atoms with Crippen LogP contribution >= 0.6 is 0 Å². The zero-order valence-corrected chi connectivity index (χ0v) is 8.82. The first-order valence-electron chi connectivity index (χ1n) is 5.45. The first kappa shape index (κ1) is 10.5. The highest BCUT2D eigenvalue weighted by atomic mass is 16.5. The van der Waals surface area contributed by atoms with Crippen molar-refractivity contribution in [3.63, 3.8) is 0 Å². The smallest absolute Gasteiger partial charge is 0.119 e. The second kappa shape index (κ2) is 5.73. The van der Waals surface area contributed by atoms with E-state index < -0.39 is 0 Å². The molecule has 1 aromatic rings. The van der Waals surface area contributed by atoms with Crippen LogP contribution in [0.25, 0.3) is 0 Å². The Balaban J connectivity index is 1.66. The van der Waals surface area contributed by atoms with E-state index in [1.165, 1.54) is 0 Å². The normalized spacial score (nSPS) is 21.2. The third kappa shape index (κ3) is 3.53. The number of morpholine rings is 1. The van der Waals surface area contributed by atoms with E-state index in [1.807, 2.05) is 30.3 Å². The third-order valence-electron chi connectivity index (χ3n) is 2.46. The van der Waals surface area contributed by atoms with E-state index in [4.69, 9.17) is 9.47 Å². The molecule has 1 N–H and O–H groups in total. The number of hydrogen-bond donors (Lipinski definition) is 1. The summed E-state index contributed by atoms with van der Waals surface area (Å²) in [5.74, 6) is 0.932. The van der Waals surface area contributed by atoms with Crippen molar-refractivity contribution < 1.29 is 9.47 Å². The second-order valence-electron chi connectivity index (χ2n) is 3.65. The van der Waals surface area contributed by atoms with Crippen molar-refractivity contribution in [2.45, 2.75) is 12.5 Å². The number of benzene rings is 1. The lowest BCUT2D eigenvalue weighted by Crippen LogP contribution is -2.39. The maximum atomic E-state index is 5.60. The van der Waals surface area contributed by atoms with E-state index in [0.717, 1.165) is 38.5 Å². The molecule has 1 saturated heterocycles. The summed E-state index contributed by atoms with van der Waals surface area (Å²) >= 11 is 0. The zero-order chi connectivity index (χ0) is 10.3. The number of rotatable bonds is 4. The van der Waals surface area contributed by atoms with Gasteiger partial charge in [0.05, 0.1) is 19.3 Å². The van der Waals surface area contributed by atoms with Gasteiger partial charge in [0, 0.05) is 19.5 Å². The monoisotopic (exact) mass is 207 g/mol.